The van der Waals surface area contributed by atoms with Crippen LogP contribution in [0, 0.1) is 6.92 Å². The second-order valence-corrected chi connectivity index (χ2v) is 6.87. The quantitative estimate of drug-likeness (QED) is 0.604. The molecule has 0 bridgehead atoms. The Morgan fingerprint density at radius 1 is 1.04 bits per heavy atom. The Bertz CT molecular complexity index is 911. The average molecular weight is 365 g/mol. The molecule has 0 fully saturated rings. The van der Waals surface area contributed by atoms with E-state index in [0.717, 1.165) is 17.5 Å². The molecule has 0 aliphatic heterocycles. The molecular formula is C22H27N3O2. The predicted octanol–water partition coefficient (Wildman–Crippen LogP) is 4.09. The molecule has 1 unspecified atom stereocenters. The summed E-state index contributed by atoms with van der Waals surface area (Å²) < 4.78 is 9.28. The zero-order chi connectivity index (χ0) is 19.2. The highest BCUT2D eigenvalue weighted by Crippen LogP contribution is 2.16. The maximum absolute atomic E-state index is 12.8. The molecule has 0 N–H and O–H groups in total. The fourth-order valence-corrected chi connectivity index (χ4v) is 3.03. The lowest BCUT2D eigenvalue weighted by atomic mass is 10.1. The molecule has 1 atom stereocenters. The SMILES string of the molecule is CCCn1c(C(C)OCc2ccccc2)nn(Cc2ccc(C)cc2)c1=O. The molecular weight excluding hydrogens is 338 g/mol. The van der Waals surface area contributed by atoms with Crippen LogP contribution < -0.4 is 5.69 Å². The number of aryl methyl sites for hydroxylation is 1. The van der Waals surface area contributed by atoms with Crippen molar-refractivity contribution in [3.63, 3.8) is 0 Å². The van der Waals surface area contributed by atoms with Crippen LogP contribution in [-0.4, -0.2) is 14.3 Å². The zero-order valence-electron chi connectivity index (χ0n) is 16.3. The summed E-state index contributed by atoms with van der Waals surface area (Å²) in [7, 11) is 0. The molecule has 0 radical (unpaired) electrons. The predicted molar refractivity (Wildman–Crippen MR) is 107 cm³/mol. The van der Waals surface area contributed by atoms with Crippen molar-refractivity contribution in [2.24, 2.45) is 0 Å². The van der Waals surface area contributed by atoms with Crippen LogP contribution in [-0.2, 0) is 24.4 Å². The van der Waals surface area contributed by atoms with Gasteiger partial charge in [0.1, 0.15) is 6.10 Å². The van der Waals surface area contributed by atoms with Gasteiger partial charge in [0.15, 0.2) is 5.82 Å². The molecule has 3 rings (SSSR count). The van der Waals surface area contributed by atoms with Gasteiger partial charge in [-0.3, -0.25) is 4.57 Å². The van der Waals surface area contributed by atoms with E-state index in [1.807, 2.05) is 49.4 Å². The summed E-state index contributed by atoms with van der Waals surface area (Å²) in [5, 5.41) is 4.60. The van der Waals surface area contributed by atoms with E-state index in [4.69, 9.17) is 4.74 Å². The summed E-state index contributed by atoms with van der Waals surface area (Å²) in [5.74, 6) is 0.685. The summed E-state index contributed by atoms with van der Waals surface area (Å²) in [5.41, 5.74) is 3.29. The normalized spacial score (nSPS) is 12.3. The molecule has 1 heterocycles. The van der Waals surface area contributed by atoms with Crippen LogP contribution in [0.15, 0.2) is 59.4 Å². The van der Waals surface area contributed by atoms with Gasteiger partial charge in [-0.15, -0.1) is 0 Å². The molecule has 0 spiro atoms. The Hall–Kier alpha value is -2.66. The van der Waals surface area contributed by atoms with Crippen molar-refractivity contribution < 1.29 is 4.74 Å². The van der Waals surface area contributed by atoms with Crippen molar-refractivity contribution >= 4 is 0 Å². The van der Waals surface area contributed by atoms with Crippen molar-refractivity contribution in [2.75, 3.05) is 0 Å². The van der Waals surface area contributed by atoms with Crippen LogP contribution in [0.2, 0.25) is 0 Å². The monoisotopic (exact) mass is 365 g/mol. The van der Waals surface area contributed by atoms with Gasteiger partial charge in [0.05, 0.1) is 13.2 Å². The van der Waals surface area contributed by atoms with E-state index < -0.39 is 0 Å². The molecule has 3 aromatic rings. The highest BCUT2D eigenvalue weighted by atomic mass is 16.5. The first kappa shape index (κ1) is 19.1. The van der Waals surface area contributed by atoms with E-state index >= 15 is 0 Å². The summed E-state index contributed by atoms with van der Waals surface area (Å²) in [4.78, 5) is 12.8. The lowest BCUT2D eigenvalue weighted by Gasteiger charge is -2.13. The Morgan fingerprint density at radius 3 is 2.41 bits per heavy atom. The van der Waals surface area contributed by atoms with Crippen LogP contribution in [0.25, 0.3) is 0 Å². The van der Waals surface area contributed by atoms with Gasteiger partial charge in [0.25, 0.3) is 0 Å². The van der Waals surface area contributed by atoms with Crippen molar-refractivity contribution in [3.05, 3.63) is 87.6 Å². The van der Waals surface area contributed by atoms with Crippen LogP contribution in [0.1, 0.15) is 48.9 Å². The lowest BCUT2D eigenvalue weighted by molar-refractivity contribution is 0.0437. The van der Waals surface area contributed by atoms with Gasteiger partial charge in [0, 0.05) is 6.54 Å². The second kappa shape index (κ2) is 8.82. The maximum Gasteiger partial charge on any atom is 0.346 e. The van der Waals surface area contributed by atoms with Gasteiger partial charge in [0.2, 0.25) is 0 Å². The summed E-state index contributed by atoms with van der Waals surface area (Å²) in [6.45, 7) is 7.66. The van der Waals surface area contributed by atoms with E-state index in [1.54, 1.807) is 4.57 Å². The van der Waals surface area contributed by atoms with Crippen LogP contribution in [0.5, 0.6) is 0 Å². The fourth-order valence-electron chi connectivity index (χ4n) is 3.03. The van der Waals surface area contributed by atoms with Crippen molar-refractivity contribution in [2.45, 2.75) is 53.0 Å². The first-order valence-corrected chi connectivity index (χ1v) is 9.47. The minimum atomic E-state index is -0.260. The van der Waals surface area contributed by atoms with Crippen LogP contribution >= 0.6 is 0 Å². The minimum Gasteiger partial charge on any atom is -0.366 e. The Kier molecular flexibility index (Phi) is 6.24. The number of benzene rings is 2. The molecule has 0 saturated carbocycles. The number of aromatic nitrogens is 3. The highest BCUT2D eigenvalue weighted by Gasteiger charge is 2.19. The first-order chi connectivity index (χ1) is 13.1. The van der Waals surface area contributed by atoms with E-state index in [0.29, 0.717) is 25.5 Å². The van der Waals surface area contributed by atoms with Crippen molar-refractivity contribution in [1.82, 2.24) is 14.3 Å². The summed E-state index contributed by atoms with van der Waals surface area (Å²) in [6, 6.07) is 18.2. The van der Waals surface area contributed by atoms with E-state index in [9.17, 15) is 4.79 Å². The standard InChI is InChI=1S/C22H27N3O2/c1-4-14-24-21(18(3)27-16-20-8-6-5-7-9-20)23-25(22(24)26)15-19-12-10-17(2)11-13-19/h5-13,18H,4,14-16H2,1-3H3. The molecule has 0 aliphatic rings. The first-order valence-electron chi connectivity index (χ1n) is 9.47. The topological polar surface area (TPSA) is 49.0 Å². The second-order valence-electron chi connectivity index (χ2n) is 6.87. The Morgan fingerprint density at radius 2 is 1.74 bits per heavy atom. The zero-order valence-corrected chi connectivity index (χ0v) is 16.3. The van der Waals surface area contributed by atoms with E-state index in [2.05, 4.69) is 31.1 Å². The van der Waals surface area contributed by atoms with E-state index in [1.165, 1.54) is 10.2 Å². The van der Waals surface area contributed by atoms with Gasteiger partial charge in [-0.25, -0.2) is 9.48 Å². The number of rotatable bonds is 8. The molecule has 5 heteroatoms. The largest absolute Gasteiger partial charge is 0.366 e. The maximum atomic E-state index is 12.8. The third kappa shape index (κ3) is 4.74. The number of ether oxygens (including phenoxy) is 1. The number of hydrogen-bond donors (Lipinski definition) is 0. The Labute approximate surface area is 160 Å². The lowest BCUT2D eigenvalue weighted by Crippen LogP contribution is -2.26. The van der Waals surface area contributed by atoms with Gasteiger partial charge in [-0.05, 0) is 31.4 Å². The third-order valence-corrected chi connectivity index (χ3v) is 4.56. The average Bonchev–Trinajstić information content (AvgIpc) is 2.99. The minimum absolute atomic E-state index is 0.0809. The van der Waals surface area contributed by atoms with Gasteiger partial charge >= 0.3 is 5.69 Å². The fraction of sp³-hybridized carbons (Fsp3) is 0.364. The van der Waals surface area contributed by atoms with Crippen LogP contribution in [0.4, 0.5) is 0 Å². The molecule has 0 aliphatic carbocycles. The number of nitrogens with zero attached hydrogens (tertiary/aromatic N) is 3. The molecule has 5 nitrogen and oxygen atoms in total. The molecule has 0 amide bonds. The molecule has 142 valence electrons. The third-order valence-electron chi connectivity index (χ3n) is 4.56. The van der Waals surface area contributed by atoms with Gasteiger partial charge in [-0.1, -0.05) is 67.1 Å². The molecule has 1 aromatic heterocycles. The Balaban J connectivity index is 1.80. The van der Waals surface area contributed by atoms with Crippen molar-refractivity contribution in [3.8, 4) is 0 Å². The summed E-state index contributed by atoms with van der Waals surface area (Å²) >= 11 is 0. The molecule has 0 saturated heterocycles. The highest BCUT2D eigenvalue weighted by molar-refractivity contribution is 5.21. The smallest absolute Gasteiger partial charge is 0.346 e. The molecule has 2 aromatic carbocycles. The van der Waals surface area contributed by atoms with Gasteiger partial charge < -0.3 is 4.74 Å². The van der Waals surface area contributed by atoms with E-state index in [-0.39, 0.29) is 11.8 Å². The van der Waals surface area contributed by atoms with Crippen LogP contribution in [0.3, 0.4) is 0 Å². The van der Waals surface area contributed by atoms with Gasteiger partial charge in [-0.2, -0.15) is 5.10 Å². The molecule has 27 heavy (non-hydrogen) atoms. The number of hydrogen-bond acceptors (Lipinski definition) is 3. The van der Waals surface area contributed by atoms with Crippen molar-refractivity contribution in [1.29, 1.82) is 0 Å². The summed E-state index contributed by atoms with van der Waals surface area (Å²) in [6.07, 6.45) is 0.609.